The van der Waals surface area contributed by atoms with Crippen LogP contribution in [0.5, 0.6) is 11.5 Å². The summed E-state index contributed by atoms with van der Waals surface area (Å²) in [5.41, 5.74) is 5.17. The smallest absolute Gasteiger partial charge is 0.126 e. The molecule has 0 bridgehead atoms. The minimum Gasteiger partial charge on any atom is -0.508 e. The van der Waals surface area contributed by atoms with Crippen molar-refractivity contribution in [3.8, 4) is 11.5 Å². The molecule has 1 aliphatic rings. The van der Waals surface area contributed by atoms with Crippen molar-refractivity contribution in [3.05, 3.63) is 93.5 Å². The Morgan fingerprint density at radius 3 is 2.62 bits per heavy atom. The molecule has 2 atom stereocenters. The van der Waals surface area contributed by atoms with Crippen LogP contribution in [0.3, 0.4) is 0 Å². The SMILES string of the molecule is COc1cccc(C2=NC(c3ccc(C)cc3)NC(c3cc(Br)ccc3O)C2)c1. The molecule has 0 spiro atoms. The Hall–Kier alpha value is -2.63. The topological polar surface area (TPSA) is 53.8 Å². The van der Waals surface area contributed by atoms with Crippen LogP contribution < -0.4 is 10.1 Å². The second-order valence-corrected chi connectivity index (χ2v) is 8.16. The molecule has 0 saturated carbocycles. The number of ether oxygens (including phenoxy) is 1. The van der Waals surface area contributed by atoms with E-state index in [-0.39, 0.29) is 18.0 Å². The molecule has 4 rings (SSSR count). The van der Waals surface area contributed by atoms with Crippen molar-refractivity contribution in [1.82, 2.24) is 5.32 Å². The third kappa shape index (κ3) is 4.36. The molecule has 4 nitrogen and oxygen atoms in total. The van der Waals surface area contributed by atoms with Gasteiger partial charge in [0, 0.05) is 28.2 Å². The highest BCUT2D eigenvalue weighted by Crippen LogP contribution is 2.36. The van der Waals surface area contributed by atoms with Gasteiger partial charge in [0.2, 0.25) is 0 Å². The lowest BCUT2D eigenvalue weighted by Gasteiger charge is -2.31. The predicted molar refractivity (Wildman–Crippen MR) is 120 cm³/mol. The van der Waals surface area contributed by atoms with Gasteiger partial charge in [-0.3, -0.25) is 10.3 Å². The molecule has 3 aromatic rings. The number of hydrogen-bond acceptors (Lipinski definition) is 4. The number of halogens is 1. The van der Waals surface area contributed by atoms with E-state index in [0.717, 1.165) is 32.6 Å². The van der Waals surface area contributed by atoms with E-state index in [4.69, 9.17) is 9.73 Å². The van der Waals surface area contributed by atoms with Gasteiger partial charge in [-0.2, -0.15) is 0 Å². The summed E-state index contributed by atoms with van der Waals surface area (Å²) < 4.78 is 6.33. The van der Waals surface area contributed by atoms with Gasteiger partial charge >= 0.3 is 0 Å². The molecule has 2 unspecified atom stereocenters. The lowest BCUT2D eigenvalue weighted by Crippen LogP contribution is -2.33. The number of rotatable bonds is 4. The third-order valence-electron chi connectivity index (χ3n) is 5.20. The zero-order chi connectivity index (χ0) is 20.4. The van der Waals surface area contributed by atoms with Crippen LogP contribution in [0.25, 0.3) is 0 Å². The molecule has 1 aliphatic heterocycles. The highest BCUT2D eigenvalue weighted by molar-refractivity contribution is 9.10. The Balaban J connectivity index is 1.77. The zero-order valence-electron chi connectivity index (χ0n) is 16.4. The zero-order valence-corrected chi connectivity index (χ0v) is 18.0. The van der Waals surface area contributed by atoms with Crippen molar-refractivity contribution in [3.63, 3.8) is 0 Å². The van der Waals surface area contributed by atoms with Gasteiger partial charge < -0.3 is 9.84 Å². The molecule has 29 heavy (non-hydrogen) atoms. The van der Waals surface area contributed by atoms with Crippen LogP contribution in [-0.4, -0.2) is 17.9 Å². The maximum Gasteiger partial charge on any atom is 0.126 e. The average molecular weight is 451 g/mol. The van der Waals surface area contributed by atoms with Crippen LogP contribution in [0.4, 0.5) is 0 Å². The first-order valence-corrected chi connectivity index (χ1v) is 10.3. The van der Waals surface area contributed by atoms with Gasteiger partial charge in [0.25, 0.3) is 0 Å². The highest BCUT2D eigenvalue weighted by atomic mass is 79.9. The largest absolute Gasteiger partial charge is 0.508 e. The minimum atomic E-state index is -0.200. The van der Waals surface area contributed by atoms with Crippen molar-refractivity contribution in [1.29, 1.82) is 0 Å². The fraction of sp³-hybridized carbons (Fsp3) is 0.208. The van der Waals surface area contributed by atoms with Crippen LogP contribution >= 0.6 is 15.9 Å². The Morgan fingerprint density at radius 1 is 1.07 bits per heavy atom. The summed E-state index contributed by atoms with van der Waals surface area (Å²) in [6.45, 7) is 2.07. The summed E-state index contributed by atoms with van der Waals surface area (Å²) in [6, 6.07) is 21.8. The molecule has 1 heterocycles. The van der Waals surface area contributed by atoms with Crippen LogP contribution in [0.1, 0.15) is 40.9 Å². The van der Waals surface area contributed by atoms with E-state index in [0.29, 0.717) is 6.42 Å². The van der Waals surface area contributed by atoms with Crippen LogP contribution in [-0.2, 0) is 0 Å². The lowest BCUT2D eigenvalue weighted by molar-refractivity contribution is 0.410. The van der Waals surface area contributed by atoms with E-state index in [1.165, 1.54) is 5.56 Å². The molecular formula is C24H23BrN2O2. The van der Waals surface area contributed by atoms with Crippen LogP contribution in [0.2, 0.25) is 0 Å². The summed E-state index contributed by atoms with van der Waals surface area (Å²) in [6.07, 6.45) is 0.466. The molecule has 0 fully saturated rings. The van der Waals surface area contributed by atoms with Gasteiger partial charge in [-0.05, 0) is 48.4 Å². The summed E-state index contributed by atoms with van der Waals surface area (Å²) in [5, 5.41) is 14.1. The fourth-order valence-corrected chi connectivity index (χ4v) is 3.99. The monoisotopic (exact) mass is 450 g/mol. The summed E-state index contributed by atoms with van der Waals surface area (Å²) in [7, 11) is 1.67. The molecule has 0 aliphatic carbocycles. The van der Waals surface area contributed by atoms with Crippen molar-refractivity contribution in [2.24, 2.45) is 4.99 Å². The molecule has 0 amide bonds. The van der Waals surface area contributed by atoms with E-state index < -0.39 is 0 Å². The highest BCUT2D eigenvalue weighted by Gasteiger charge is 2.28. The number of aromatic hydroxyl groups is 1. The fourth-order valence-electron chi connectivity index (χ4n) is 3.61. The summed E-state index contributed by atoms with van der Waals surface area (Å²) >= 11 is 3.52. The molecule has 0 radical (unpaired) electrons. The second kappa shape index (κ2) is 8.39. The molecule has 5 heteroatoms. The number of aliphatic imine (C=N–C) groups is 1. The predicted octanol–water partition coefficient (Wildman–Crippen LogP) is 5.69. The number of aryl methyl sites for hydroxylation is 1. The van der Waals surface area contributed by atoms with Gasteiger partial charge in [-0.25, -0.2) is 0 Å². The van der Waals surface area contributed by atoms with E-state index in [1.807, 2.05) is 30.3 Å². The van der Waals surface area contributed by atoms with E-state index in [9.17, 15) is 5.11 Å². The number of methoxy groups -OCH3 is 1. The quantitative estimate of drug-likeness (QED) is 0.536. The Bertz CT molecular complexity index is 1050. The van der Waals surface area contributed by atoms with Crippen LogP contribution in [0.15, 0.2) is 76.2 Å². The molecule has 0 aromatic heterocycles. The van der Waals surface area contributed by atoms with E-state index in [1.54, 1.807) is 13.2 Å². The standard InChI is InChI=1S/C24H23BrN2O2/c1-15-6-8-16(9-7-15)24-26-21(17-4-3-5-19(12-17)29-2)14-22(27-24)20-13-18(25)10-11-23(20)28/h3-13,22,24,27-28H,14H2,1-2H3. The van der Waals surface area contributed by atoms with Crippen molar-refractivity contribution >= 4 is 21.6 Å². The summed E-state index contributed by atoms with van der Waals surface area (Å²) in [5.74, 6) is 1.08. The first-order valence-electron chi connectivity index (χ1n) is 9.55. The number of hydrogen-bond donors (Lipinski definition) is 2. The van der Waals surface area contributed by atoms with Gasteiger partial charge in [-0.1, -0.05) is 57.9 Å². The second-order valence-electron chi connectivity index (χ2n) is 7.25. The number of nitrogens with one attached hydrogen (secondary N) is 1. The average Bonchev–Trinajstić information content (AvgIpc) is 2.75. The van der Waals surface area contributed by atoms with Gasteiger partial charge in [0.15, 0.2) is 0 Å². The first kappa shape index (κ1) is 19.7. The van der Waals surface area contributed by atoms with E-state index in [2.05, 4.69) is 58.5 Å². The van der Waals surface area contributed by atoms with Crippen molar-refractivity contribution in [2.75, 3.05) is 7.11 Å². The number of nitrogens with zero attached hydrogens (tertiary/aromatic N) is 1. The molecule has 3 aromatic carbocycles. The Kier molecular flexibility index (Phi) is 5.69. The maximum absolute atomic E-state index is 10.5. The lowest BCUT2D eigenvalue weighted by atomic mass is 9.93. The van der Waals surface area contributed by atoms with Crippen molar-refractivity contribution in [2.45, 2.75) is 25.6 Å². The number of phenolic OH excluding ortho intramolecular Hbond substituents is 1. The number of phenols is 1. The Labute approximate surface area is 179 Å². The van der Waals surface area contributed by atoms with Gasteiger partial charge in [0.05, 0.1) is 7.11 Å². The maximum atomic E-state index is 10.5. The molecule has 2 N–H and O–H groups in total. The van der Waals surface area contributed by atoms with Crippen molar-refractivity contribution < 1.29 is 9.84 Å². The van der Waals surface area contributed by atoms with Gasteiger partial charge in [0.1, 0.15) is 17.7 Å². The molecular weight excluding hydrogens is 428 g/mol. The number of benzene rings is 3. The van der Waals surface area contributed by atoms with Crippen LogP contribution in [0, 0.1) is 6.92 Å². The van der Waals surface area contributed by atoms with E-state index >= 15 is 0 Å². The van der Waals surface area contributed by atoms with Gasteiger partial charge in [-0.15, -0.1) is 0 Å². The first-order chi connectivity index (χ1) is 14.0. The summed E-state index contributed by atoms with van der Waals surface area (Å²) in [4.78, 5) is 5.01. The third-order valence-corrected chi connectivity index (χ3v) is 5.70. The minimum absolute atomic E-state index is 0.0718. The normalized spacial score (nSPS) is 18.9. The Morgan fingerprint density at radius 2 is 1.86 bits per heavy atom. The molecule has 148 valence electrons. The molecule has 0 saturated heterocycles.